The smallest absolute Gasteiger partial charge is 0.318 e. The van der Waals surface area contributed by atoms with Gasteiger partial charge < -0.3 is 6.42 Å². The van der Waals surface area contributed by atoms with Crippen LogP contribution in [0.3, 0.4) is 0 Å². The molecule has 10 rings (SSSR count). The van der Waals surface area contributed by atoms with Gasteiger partial charge in [0.25, 0.3) is 0 Å². The fourth-order valence-electron chi connectivity index (χ4n) is 5.82. The first kappa shape index (κ1) is 55.0. The molecule has 66 heavy (non-hydrogen) atoms. The summed E-state index contributed by atoms with van der Waals surface area (Å²) in [7, 11) is -10.7. The van der Waals surface area contributed by atoms with Crippen molar-refractivity contribution in [3.63, 3.8) is 0 Å². The summed E-state index contributed by atoms with van der Waals surface area (Å²) in [6.45, 7) is 0. The molecule has 4 aromatic carbocycles. The average molecular weight is 1080 g/mol. The van der Waals surface area contributed by atoms with Gasteiger partial charge in [-0.05, 0) is 48.5 Å². The standard InChI is InChI=1S/C21H14N2.C20H14N3.2C5H5.F6P.2Fe.Ru/c1-2-8-16(7-1)17-13-18(20-9-3-5-11-22-20)15-19(14-17)21-10-4-6-12-23-21;1-2-8-15(7-1)16-13-19(17-9-3-5-11-21-17)23-20(14-16)18-10-4-6-12-22-18;2*1-2-4-5-3-1;1-7(2,3,4,5)6;;;/h2*1-14H;2*1-5H;;;;/q-2;4*-1;3*+2. The second-order valence-corrected chi connectivity index (χ2v) is 15.3. The number of pyridine rings is 5. The van der Waals surface area contributed by atoms with E-state index in [1.807, 2.05) is 158 Å². The Bertz CT molecular complexity index is 2470. The van der Waals surface area contributed by atoms with Crippen molar-refractivity contribution in [2.45, 2.75) is 0 Å². The van der Waals surface area contributed by atoms with E-state index in [1.54, 1.807) is 24.8 Å². The van der Waals surface area contributed by atoms with Crippen LogP contribution in [0.15, 0.2) is 207 Å². The minimum atomic E-state index is -10.7. The molecule has 0 aliphatic heterocycles. The Hall–Kier alpha value is -5.31. The SMILES string of the molecule is F[P-](F)(F)(F)(F)F.[CH]1[CH][CH-][C](c2cc(-c3ccccn3)nc(-c3ccccn3)c2)[CH]1.[Fe+2].[Fe+2].[Ru+2].[c-]1c(-c2ccccn2)cc(-[c-]2cccc2)cc1-c1ccccn1.c1cc[cH-]c1.c1cc[cH-]c1. The Balaban J connectivity index is 0.000000251. The molecule has 9 aromatic rings. The van der Waals surface area contributed by atoms with E-state index in [2.05, 4.69) is 75.2 Å². The van der Waals surface area contributed by atoms with Gasteiger partial charge in [0.2, 0.25) is 0 Å². The van der Waals surface area contributed by atoms with Crippen molar-refractivity contribution in [1.82, 2.24) is 24.9 Å². The summed E-state index contributed by atoms with van der Waals surface area (Å²) in [5.74, 6) is 1.17. The van der Waals surface area contributed by atoms with E-state index >= 15 is 0 Å². The summed E-state index contributed by atoms with van der Waals surface area (Å²) in [5, 5.41) is 0. The average Bonchev–Trinajstić information content (AvgIpc) is 4.17. The summed E-state index contributed by atoms with van der Waals surface area (Å²) >= 11 is 0. The van der Waals surface area contributed by atoms with E-state index in [-0.39, 0.29) is 53.6 Å². The quantitative estimate of drug-likeness (QED) is 0.0718. The molecule has 0 atom stereocenters. The Labute approximate surface area is 415 Å². The van der Waals surface area contributed by atoms with E-state index in [4.69, 9.17) is 4.98 Å². The first-order valence-corrected chi connectivity index (χ1v) is 21.4. The van der Waals surface area contributed by atoms with Gasteiger partial charge in [0.05, 0.1) is 22.8 Å². The van der Waals surface area contributed by atoms with Crippen LogP contribution < -0.4 is 0 Å². The molecule has 5 heterocycles. The van der Waals surface area contributed by atoms with E-state index in [1.165, 1.54) is 11.5 Å². The zero-order chi connectivity index (χ0) is 44.4. The van der Waals surface area contributed by atoms with Gasteiger partial charge in [-0.15, -0.1) is 41.8 Å². The molecule has 0 unspecified atom stereocenters. The Morgan fingerprint density at radius 2 is 0.879 bits per heavy atom. The minimum absolute atomic E-state index is 0. The van der Waals surface area contributed by atoms with Crippen molar-refractivity contribution in [1.29, 1.82) is 0 Å². The molecule has 1 saturated carbocycles. The fourth-order valence-corrected chi connectivity index (χ4v) is 5.82. The molecule has 5 nitrogen and oxygen atoms in total. The molecule has 0 spiro atoms. The Morgan fingerprint density at radius 3 is 1.20 bits per heavy atom. The first-order valence-electron chi connectivity index (χ1n) is 19.3. The van der Waals surface area contributed by atoms with Crippen LogP contribution in [0.5, 0.6) is 0 Å². The predicted molar refractivity (Wildman–Crippen MR) is 241 cm³/mol. The van der Waals surface area contributed by atoms with Gasteiger partial charge in [0, 0.05) is 36.2 Å². The molecule has 0 bridgehead atoms. The van der Waals surface area contributed by atoms with Gasteiger partial charge in [0.15, 0.2) is 0 Å². The number of aromatic nitrogens is 5. The van der Waals surface area contributed by atoms with E-state index < -0.39 is 7.81 Å². The third-order valence-corrected chi connectivity index (χ3v) is 8.53. The Kier molecular flexibility index (Phi) is 21.3. The van der Waals surface area contributed by atoms with Crippen LogP contribution in [0.25, 0.3) is 56.4 Å². The molecule has 338 valence electrons. The summed E-state index contributed by atoms with van der Waals surface area (Å²) in [6, 6.07) is 63.7. The van der Waals surface area contributed by atoms with Gasteiger partial charge >= 0.3 is 86.6 Å². The third kappa shape index (κ3) is 20.1. The summed E-state index contributed by atoms with van der Waals surface area (Å²) in [6.07, 6.45) is 15.4. The molecule has 0 saturated heterocycles. The minimum Gasteiger partial charge on any atom is -0.318 e. The third-order valence-electron chi connectivity index (χ3n) is 8.53. The second kappa shape index (κ2) is 25.6. The van der Waals surface area contributed by atoms with Crippen molar-refractivity contribution in [3.05, 3.63) is 250 Å². The second-order valence-electron chi connectivity index (χ2n) is 13.4. The maximum absolute atomic E-state index is 10.7. The topological polar surface area (TPSA) is 64.5 Å². The number of hydrogen-bond acceptors (Lipinski definition) is 5. The first-order chi connectivity index (χ1) is 30.2. The van der Waals surface area contributed by atoms with Crippen LogP contribution in [0.1, 0.15) is 5.56 Å². The van der Waals surface area contributed by atoms with Gasteiger partial charge in [0.1, 0.15) is 0 Å². The molecule has 1 aliphatic rings. The van der Waals surface area contributed by atoms with Crippen LogP contribution in [0, 0.1) is 37.7 Å². The van der Waals surface area contributed by atoms with Crippen LogP contribution in [-0.4, -0.2) is 24.9 Å². The maximum atomic E-state index is 9.87. The maximum Gasteiger partial charge on any atom is 2.00 e. The van der Waals surface area contributed by atoms with Crippen LogP contribution in [0.2, 0.25) is 0 Å². The molecule has 0 N–H and O–H groups in total. The summed E-state index contributed by atoms with van der Waals surface area (Å²) in [4.78, 5) is 22.5. The van der Waals surface area contributed by atoms with Gasteiger partial charge in [-0.2, -0.15) is 55.0 Å². The predicted octanol–water partition coefficient (Wildman–Crippen LogP) is 15.1. The monoisotopic (exact) mass is 1080 g/mol. The number of rotatable bonds is 6. The Morgan fingerprint density at radius 1 is 0.485 bits per heavy atom. The van der Waals surface area contributed by atoms with Crippen LogP contribution >= 0.6 is 7.81 Å². The zero-order valence-electron chi connectivity index (χ0n) is 34.5. The van der Waals surface area contributed by atoms with Gasteiger partial charge in [-0.1, -0.05) is 71.5 Å². The van der Waals surface area contributed by atoms with Crippen molar-refractivity contribution < 1.29 is 78.8 Å². The van der Waals surface area contributed by atoms with Gasteiger partial charge in [-0.3, -0.25) is 19.9 Å². The summed E-state index contributed by atoms with van der Waals surface area (Å²) in [5.41, 5.74) is 10.7. The molecule has 1 aliphatic carbocycles. The summed E-state index contributed by atoms with van der Waals surface area (Å²) < 4.78 is 59.2. The zero-order valence-corrected chi connectivity index (χ0v) is 39.3. The number of halogens is 6. The normalized spacial score (nSPS) is 12.6. The van der Waals surface area contributed by atoms with Crippen molar-refractivity contribution >= 4 is 7.81 Å². The molecule has 5 aromatic heterocycles. The molecular weight excluding hydrogens is 1040 g/mol. The van der Waals surface area contributed by atoms with E-state index in [9.17, 15) is 25.2 Å². The molecule has 0 amide bonds. The fraction of sp³-hybridized carbons (Fsp3) is 0. The van der Waals surface area contributed by atoms with Crippen molar-refractivity contribution in [3.8, 4) is 56.4 Å². The molecule has 1 fully saturated rings. The van der Waals surface area contributed by atoms with Crippen molar-refractivity contribution in [2.75, 3.05) is 0 Å². The van der Waals surface area contributed by atoms with Crippen LogP contribution in [0.4, 0.5) is 25.2 Å². The number of nitrogens with zero attached hydrogens (tertiary/aromatic N) is 5. The molecule has 15 heteroatoms. The van der Waals surface area contributed by atoms with E-state index in [0.29, 0.717) is 0 Å². The largest absolute Gasteiger partial charge is 2.00 e. The number of hydrogen-bond donors (Lipinski definition) is 0. The van der Waals surface area contributed by atoms with Crippen molar-refractivity contribution in [2.24, 2.45) is 0 Å². The van der Waals surface area contributed by atoms with Crippen LogP contribution in [-0.2, 0) is 53.6 Å². The number of benzene rings is 1. The van der Waals surface area contributed by atoms with E-state index in [0.717, 1.165) is 56.4 Å². The van der Waals surface area contributed by atoms with Gasteiger partial charge in [-0.25, -0.2) is 29.2 Å². The molecule has 4 radical (unpaired) electrons. The molecular formula is C51H38F6Fe2N5PRu.